The summed E-state index contributed by atoms with van der Waals surface area (Å²) in [5.41, 5.74) is 1.33. The molecule has 0 aliphatic carbocycles. The first-order valence-corrected chi connectivity index (χ1v) is 12.5. The molecule has 0 spiro atoms. The first-order valence-electron chi connectivity index (χ1n) is 10.2. The number of hydrogen-bond donors (Lipinski definition) is 2. The number of hydrogen-bond acceptors (Lipinski definition) is 6. The van der Waals surface area contributed by atoms with Crippen LogP contribution in [0.3, 0.4) is 0 Å². The van der Waals surface area contributed by atoms with E-state index in [2.05, 4.69) is 24.5 Å². The molecule has 0 radical (unpaired) electrons. The SMILES string of the molecule is CCCCOC(=S)Nc1ccc(S(=O)(=O)c2ccc(NC(=S)OCCCC)cc2)cc1. The number of thiocarbonyl (C=S) groups is 2. The summed E-state index contributed by atoms with van der Waals surface area (Å²) >= 11 is 10.3. The average Bonchev–Trinajstić information content (AvgIpc) is 2.75. The van der Waals surface area contributed by atoms with Gasteiger partial charge in [-0.3, -0.25) is 0 Å². The van der Waals surface area contributed by atoms with Gasteiger partial charge < -0.3 is 20.1 Å². The third-order valence-electron chi connectivity index (χ3n) is 4.28. The first kappa shape index (κ1) is 25.0. The van der Waals surface area contributed by atoms with Crippen molar-refractivity contribution in [3.8, 4) is 0 Å². The van der Waals surface area contributed by atoms with Gasteiger partial charge in [-0.1, -0.05) is 26.7 Å². The molecule has 0 saturated carbocycles. The van der Waals surface area contributed by atoms with Crippen LogP contribution in [0.15, 0.2) is 58.3 Å². The molecule has 0 heterocycles. The molecule has 2 aromatic rings. The van der Waals surface area contributed by atoms with Gasteiger partial charge in [0.15, 0.2) is 0 Å². The van der Waals surface area contributed by atoms with Gasteiger partial charge in [-0.15, -0.1) is 0 Å². The maximum Gasteiger partial charge on any atom is 0.261 e. The predicted octanol–water partition coefficient (Wildman–Crippen LogP) is 5.55. The van der Waals surface area contributed by atoms with E-state index in [1.54, 1.807) is 24.3 Å². The van der Waals surface area contributed by atoms with Gasteiger partial charge in [-0.25, -0.2) is 8.42 Å². The Morgan fingerprint density at radius 1 is 0.742 bits per heavy atom. The molecule has 0 bridgehead atoms. The molecule has 2 rings (SSSR count). The summed E-state index contributed by atoms with van der Waals surface area (Å²) in [6.45, 7) is 5.24. The lowest BCUT2D eigenvalue weighted by Gasteiger charge is -2.11. The smallest absolute Gasteiger partial charge is 0.261 e. The second-order valence-electron chi connectivity index (χ2n) is 6.78. The fourth-order valence-electron chi connectivity index (χ4n) is 2.50. The van der Waals surface area contributed by atoms with Crippen molar-refractivity contribution >= 4 is 56.0 Å². The van der Waals surface area contributed by atoms with Crippen molar-refractivity contribution in [2.45, 2.75) is 49.3 Å². The van der Waals surface area contributed by atoms with E-state index in [1.165, 1.54) is 24.3 Å². The molecule has 0 unspecified atom stereocenters. The highest BCUT2D eigenvalue weighted by Gasteiger charge is 2.17. The van der Waals surface area contributed by atoms with E-state index in [-0.39, 0.29) is 20.1 Å². The number of sulfone groups is 1. The highest BCUT2D eigenvalue weighted by Crippen LogP contribution is 2.24. The minimum atomic E-state index is -3.65. The van der Waals surface area contributed by atoms with E-state index in [0.29, 0.717) is 24.6 Å². The van der Waals surface area contributed by atoms with Gasteiger partial charge in [-0.05, 0) is 85.8 Å². The summed E-state index contributed by atoms with van der Waals surface area (Å²) in [5.74, 6) is 0. The number of rotatable bonds is 10. The maximum absolute atomic E-state index is 12.9. The largest absolute Gasteiger partial charge is 0.471 e. The molecule has 0 atom stereocenters. The fraction of sp³-hybridized carbons (Fsp3) is 0.364. The number of benzene rings is 2. The third kappa shape index (κ3) is 8.08. The monoisotopic (exact) mass is 480 g/mol. The maximum atomic E-state index is 12.9. The van der Waals surface area contributed by atoms with Gasteiger partial charge in [0.25, 0.3) is 10.3 Å². The lowest BCUT2D eigenvalue weighted by molar-refractivity contribution is 0.303. The average molecular weight is 481 g/mol. The van der Waals surface area contributed by atoms with E-state index in [9.17, 15) is 8.42 Å². The van der Waals surface area contributed by atoms with Crippen LogP contribution in [-0.4, -0.2) is 32.0 Å². The van der Waals surface area contributed by atoms with Crippen LogP contribution < -0.4 is 10.6 Å². The summed E-state index contributed by atoms with van der Waals surface area (Å²) in [5, 5.41) is 6.42. The zero-order valence-electron chi connectivity index (χ0n) is 17.7. The molecule has 0 amide bonds. The van der Waals surface area contributed by atoms with E-state index in [1.807, 2.05) is 0 Å². The molecular weight excluding hydrogens is 452 g/mol. The van der Waals surface area contributed by atoms with Crippen LogP contribution >= 0.6 is 24.4 Å². The van der Waals surface area contributed by atoms with Gasteiger partial charge in [0.05, 0.1) is 23.0 Å². The number of ether oxygens (including phenoxy) is 2. The highest BCUT2D eigenvalue weighted by molar-refractivity contribution is 7.91. The standard InChI is InChI=1S/C22H28N2O4S3/c1-3-5-15-27-21(29)23-17-7-11-19(12-8-17)31(25,26)20-13-9-18(10-14-20)24-22(30)28-16-6-4-2/h7-14H,3-6,15-16H2,1-2H3,(H,23,29)(H,24,30). The van der Waals surface area contributed by atoms with Gasteiger partial charge in [0.1, 0.15) is 0 Å². The molecule has 9 heteroatoms. The van der Waals surface area contributed by atoms with Crippen LogP contribution in [0, 0.1) is 0 Å². The number of unbranched alkanes of at least 4 members (excludes halogenated alkanes) is 2. The summed E-state index contributed by atoms with van der Waals surface area (Å²) in [4.78, 5) is 0.380. The van der Waals surface area contributed by atoms with Gasteiger partial charge in [0, 0.05) is 11.4 Å². The number of nitrogens with one attached hydrogen (secondary N) is 2. The number of anilines is 2. The van der Waals surface area contributed by atoms with Crippen LogP contribution in [0.4, 0.5) is 11.4 Å². The van der Waals surface area contributed by atoms with Crippen LogP contribution in [0.1, 0.15) is 39.5 Å². The molecule has 168 valence electrons. The molecule has 0 aliphatic rings. The van der Waals surface area contributed by atoms with Crippen LogP contribution in [0.25, 0.3) is 0 Å². The van der Waals surface area contributed by atoms with Gasteiger partial charge in [-0.2, -0.15) is 0 Å². The van der Waals surface area contributed by atoms with Crippen LogP contribution in [0.2, 0.25) is 0 Å². The van der Waals surface area contributed by atoms with Crippen LogP contribution in [0.5, 0.6) is 0 Å². The Hall–Kier alpha value is -2.23. The minimum absolute atomic E-state index is 0.190. The zero-order valence-corrected chi connectivity index (χ0v) is 20.2. The van der Waals surface area contributed by atoms with Gasteiger partial charge in [0.2, 0.25) is 9.84 Å². The highest BCUT2D eigenvalue weighted by atomic mass is 32.2. The van der Waals surface area contributed by atoms with Crippen LogP contribution in [-0.2, 0) is 19.3 Å². The Balaban J connectivity index is 1.99. The van der Waals surface area contributed by atoms with Crippen molar-refractivity contribution in [3.05, 3.63) is 48.5 Å². The Bertz CT molecular complexity index is 886. The van der Waals surface area contributed by atoms with E-state index in [0.717, 1.165) is 25.7 Å². The van der Waals surface area contributed by atoms with Crippen molar-refractivity contribution < 1.29 is 17.9 Å². The third-order valence-corrected chi connectivity index (χ3v) is 6.51. The van der Waals surface area contributed by atoms with Crippen molar-refractivity contribution in [1.29, 1.82) is 0 Å². The molecule has 0 aliphatic heterocycles. The van der Waals surface area contributed by atoms with E-state index in [4.69, 9.17) is 33.9 Å². The molecule has 0 fully saturated rings. The lowest BCUT2D eigenvalue weighted by Crippen LogP contribution is -2.14. The van der Waals surface area contributed by atoms with Crippen molar-refractivity contribution in [2.75, 3.05) is 23.8 Å². The molecule has 6 nitrogen and oxygen atoms in total. The second kappa shape index (κ2) is 12.6. The molecule has 0 saturated heterocycles. The summed E-state index contributed by atoms with van der Waals surface area (Å²) in [7, 11) is -3.65. The minimum Gasteiger partial charge on any atom is -0.471 e. The van der Waals surface area contributed by atoms with Crippen molar-refractivity contribution in [3.63, 3.8) is 0 Å². The quantitative estimate of drug-likeness (QED) is 0.339. The fourth-order valence-corrected chi connectivity index (χ4v) is 4.16. The molecule has 2 aromatic carbocycles. The topological polar surface area (TPSA) is 76.7 Å². The Labute approximate surface area is 195 Å². The molecular formula is C22H28N2O4S3. The zero-order chi connectivity index (χ0) is 22.7. The first-order chi connectivity index (χ1) is 14.9. The molecule has 31 heavy (non-hydrogen) atoms. The Kier molecular flexibility index (Phi) is 10.2. The second-order valence-corrected chi connectivity index (χ2v) is 9.47. The molecule has 2 N–H and O–H groups in total. The summed E-state index contributed by atoms with van der Waals surface area (Å²) in [6, 6.07) is 12.8. The Morgan fingerprint density at radius 3 is 1.42 bits per heavy atom. The van der Waals surface area contributed by atoms with E-state index >= 15 is 0 Å². The van der Waals surface area contributed by atoms with E-state index < -0.39 is 9.84 Å². The van der Waals surface area contributed by atoms with Crippen molar-refractivity contribution in [1.82, 2.24) is 0 Å². The predicted molar refractivity (Wildman–Crippen MR) is 132 cm³/mol. The molecule has 0 aromatic heterocycles. The Morgan fingerprint density at radius 2 is 1.10 bits per heavy atom. The van der Waals surface area contributed by atoms with Gasteiger partial charge >= 0.3 is 0 Å². The van der Waals surface area contributed by atoms with Crippen molar-refractivity contribution in [2.24, 2.45) is 0 Å². The summed E-state index contributed by atoms with van der Waals surface area (Å²) < 4.78 is 36.6. The lowest BCUT2D eigenvalue weighted by atomic mass is 10.3. The normalized spacial score (nSPS) is 10.9. The summed E-state index contributed by atoms with van der Waals surface area (Å²) in [6.07, 6.45) is 3.88.